The Hall–Kier alpha value is -4.43. The molecule has 9 nitrogen and oxygen atoms in total. The van der Waals surface area contributed by atoms with Gasteiger partial charge >= 0.3 is 0 Å². The van der Waals surface area contributed by atoms with E-state index in [1.54, 1.807) is 30.3 Å². The summed E-state index contributed by atoms with van der Waals surface area (Å²) >= 11 is 2.19. The molecule has 0 atom stereocenters. The zero-order chi connectivity index (χ0) is 31.3. The first-order valence-corrected chi connectivity index (χ1v) is 16.2. The molecule has 0 fully saturated rings. The van der Waals surface area contributed by atoms with Crippen LogP contribution in [0.4, 0.5) is 10.1 Å². The number of para-hydroxylation sites is 1. The van der Waals surface area contributed by atoms with E-state index in [2.05, 4.69) is 27.9 Å². The molecule has 6 aromatic rings. The summed E-state index contributed by atoms with van der Waals surface area (Å²) in [7, 11) is 0.761. The lowest BCUT2D eigenvalue weighted by molar-refractivity contribution is 0.0964. The maximum absolute atomic E-state index is 13.7. The fourth-order valence-corrected chi connectivity index (χ4v) is 6.13. The van der Waals surface area contributed by atoms with Gasteiger partial charge in [0.05, 0.1) is 30.2 Å². The second kappa shape index (κ2) is 11.2. The van der Waals surface area contributed by atoms with E-state index in [1.165, 1.54) is 45.5 Å². The SMILES string of the molecule is CNC(=O)c1c(-c2ccc(F)cc2)oc2cc(N(C)S(C)(=O)=O)c(-c3ccc(OC)c(-c4nc5c(I)cccc5o4)c3)cc12. The van der Waals surface area contributed by atoms with E-state index in [-0.39, 0.29) is 16.9 Å². The Morgan fingerprint density at radius 1 is 0.977 bits per heavy atom. The number of fused-ring (bicyclic) bond motifs is 2. The smallest absolute Gasteiger partial charge is 0.255 e. The number of hydrogen-bond donors (Lipinski definition) is 1. The van der Waals surface area contributed by atoms with Crippen molar-refractivity contribution in [1.29, 1.82) is 0 Å². The van der Waals surface area contributed by atoms with E-state index < -0.39 is 21.7 Å². The number of ether oxygens (including phenoxy) is 1. The predicted molar refractivity (Wildman–Crippen MR) is 176 cm³/mol. The Labute approximate surface area is 265 Å². The summed E-state index contributed by atoms with van der Waals surface area (Å²) in [5, 5.41) is 3.09. The van der Waals surface area contributed by atoms with Crippen LogP contribution in [0, 0.1) is 9.39 Å². The van der Waals surface area contributed by atoms with Crippen molar-refractivity contribution in [1.82, 2.24) is 10.3 Å². The van der Waals surface area contributed by atoms with Crippen molar-refractivity contribution in [3.8, 4) is 39.7 Å². The fourth-order valence-electron chi connectivity index (χ4n) is 5.03. The maximum atomic E-state index is 13.7. The van der Waals surface area contributed by atoms with E-state index >= 15 is 0 Å². The average Bonchev–Trinajstić information content (AvgIpc) is 3.62. The van der Waals surface area contributed by atoms with E-state index in [1.807, 2.05) is 18.2 Å². The molecule has 224 valence electrons. The number of nitrogens with zero attached hydrogens (tertiary/aromatic N) is 2. The van der Waals surface area contributed by atoms with E-state index in [0.29, 0.717) is 56.1 Å². The van der Waals surface area contributed by atoms with Gasteiger partial charge in [-0.1, -0.05) is 12.1 Å². The van der Waals surface area contributed by atoms with Gasteiger partial charge in [0.1, 0.15) is 28.4 Å². The van der Waals surface area contributed by atoms with Crippen molar-refractivity contribution in [3.05, 3.63) is 87.7 Å². The number of hydrogen-bond acceptors (Lipinski definition) is 7. The quantitative estimate of drug-likeness (QED) is 0.175. The summed E-state index contributed by atoms with van der Waals surface area (Å²) < 4.78 is 59.3. The molecule has 0 saturated carbocycles. The highest BCUT2D eigenvalue weighted by Gasteiger charge is 2.27. The second-order valence-corrected chi connectivity index (χ2v) is 13.2. The number of anilines is 1. The van der Waals surface area contributed by atoms with Gasteiger partial charge in [0.2, 0.25) is 15.9 Å². The highest BCUT2D eigenvalue weighted by atomic mass is 127. The molecule has 0 radical (unpaired) electrons. The number of carbonyl (C=O) groups is 1. The zero-order valence-electron chi connectivity index (χ0n) is 23.9. The van der Waals surface area contributed by atoms with Crippen LogP contribution in [0.2, 0.25) is 0 Å². The Morgan fingerprint density at radius 3 is 2.36 bits per heavy atom. The molecule has 1 amide bonds. The molecule has 0 bridgehead atoms. The Bertz CT molecular complexity index is 2190. The Kier molecular flexibility index (Phi) is 7.58. The third kappa shape index (κ3) is 5.17. The highest BCUT2D eigenvalue weighted by Crippen LogP contribution is 2.43. The summed E-state index contributed by atoms with van der Waals surface area (Å²) in [4.78, 5) is 17.9. The second-order valence-electron chi connectivity index (χ2n) is 10.0. The Morgan fingerprint density at radius 2 is 1.70 bits per heavy atom. The fraction of sp³-hybridized carbons (Fsp3) is 0.125. The van der Waals surface area contributed by atoms with Gasteiger partial charge in [-0.3, -0.25) is 9.10 Å². The lowest BCUT2D eigenvalue weighted by Crippen LogP contribution is -2.25. The molecule has 0 aliphatic carbocycles. The third-order valence-corrected chi connectivity index (χ3v) is 9.38. The molecule has 0 spiro atoms. The normalized spacial score (nSPS) is 11.7. The third-order valence-electron chi connectivity index (χ3n) is 7.31. The van der Waals surface area contributed by atoms with Crippen LogP contribution in [0.15, 0.2) is 81.6 Å². The number of furan rings is 1. The molecule has 1 N–H and O–H groups in total. The minimum atomic E-state index is -3.72. The summed E-state index contributed by atoms with van der Waals surface area (Å²) in [5.74, 6) is 0.197. The average molecular weight is 726 g/mol. The lowest BCUT2D eigenvalue weighted by atomic mass is 9.97. The predicted octanol–water partition coefficient (Wildman–Crippen LogP) is 7.08. The number of rotatable bonds is 7. The van der Waals surface area contributed by atoms with E-state index in [9.17, 15) is 17.6 Å². The molecular formula is C32H25FIN3O6S. The number of carbonyl (C=O) groups excluding carboxylic acids is 1. The first-order chi connectivity index (χ1) is 21.0. The summed E-state index contributed by atoms with van der Waals surface area (Å²) in [5.41, 5.74) is 4.27. The molecular weight excluding hydrogens is 700 g/mol. The monoisotopic (exact) mass is 725 g/mol. The van der Waals surface area contributed by atoms with Crippen molar-refractivity contribution in [2.24, 2.45) is 0 Å². The molecule has 2 aromatic heterocycles. The van der Waals surface area contributed by atoms with Crippen LogP contribution in [-0.4, -0.2) is 46.8 Å². The van der Waals surface area contributed by atoms with Crippen LogP contribution in [-0.2, 0) is 10.0 Å². The minimum absolute atomic E-state index is 0.223. The van der Waals surface area contributed by atoms with Gasteiger partial charge in [0.25, 0.3) is 5.91 Å². The lowest BCUT2D eigenvalue weighted by Gasteiger charge is -2.21. The first-order valence-electron chi connectivity index (χ1n) is 13.3. The van der Waals surface area contributed by atoms with Crippen LogP contribution >= 0.6 is 22.6 Å². The molecule has 0 unspecified atom stereocenters. The van der Waals surface area contributed by atoms with Crippen molar-refractivity contribution in [3.63, 3.8) is 0 Å². The van der Waals surface area contributed by atoms with Gasteiger partial charge in [0.15, 0.2) is 5.58 Å². The van der Waals surface area contributed by atoms with Crippen molar-refractivity contribution in [2.75, 3.05) is 31.8 Å². The van der Waals surface area contributed by atoms with Gasteiger partial charge in [0, 0.05) is 40.2 Å². The van der Waals surface area contributed by atoms with Crippen LogP contribution in [0.3, 0.4) is 0 Å². The molecule has 6 rings (SSSR count). The van der Waals surface area contributed by atoms with Crippen molar-refractivity contribution in [2.45, 2.75) is 0 Å². The summed E-state index contributed by atoms with van der Waals surface area (Å²) in [6, 6.07) is 19.9. The molecule has 2 heterocycles. The number of halogens is 2. The van der Waals surface area contributed by atoms with E-state index in [4.69, 9.17) is 18.6 Å². The van der Waals surface area contributed by atoms with Crippen LogP contribution in [0.1, 0.15) is 10.4 Å². The molecule has 0 aliphatic heterocycles. The van der Waals surface area contributed by atoms with Crippen molar-refractivity contribution >= 4 is 66.3 Å². The van der Waals surface area contributed by atoms with Gasteiger partial charge < -0.3 is 18.9 Å². The molecule has 44 heavy (non-hydrogen) atoms. The molecule has 4 aromatic carbocycles. The first kappa shape index (κ1) is 29.6. The molecule has 0 saturated heterocycles. The topological polar surface area (TPSA) is 115 Å². The van der Waals surface area contributed by atoms with Gasteiger partial charge in [-0.2, -0.15) is 0 Å². The molecule has 12 heteroatoms. The van der Waals surface area contributed by atoms with Gasteiger partial charge in [-0.15, -0.1) is 0 Å². The summed E-state index contributed by atoms with van der Waals surface area (Å²) in [6.45, 7) is 0. The largest absolute Gasteiger partial charge is 0.496 e. The van der Waals surface area contributed by atoms with Gasteiger partial charge in [-0.05, 0) is 82.8 Å². The minimum Gasteiger partial charge on any atom is -0.496 e. The number of benzene rings is 4. The number of nitrogens with one attached hydrogen (secondary N) is 1. The standard InChI is InChI=1S/C32H25FIN3O6S/c1-35-31(38)28-21-15-20(18-10-13-25(41-3)22(14-18)32-36-29-23(34)6-5-7-26(29)43-32)24(37(2)44(4,39)40)16-27(21)42-30(28)17-8-11-19(33)12-9-17/h5-16H,1-4H3,(H,35,38). The number of aromatic nitrogens is 1. The van der Waals surface area contributed by atoms with Crippen molar-refractivity contribution < 1.29 is 31.2 Å². The zero-order valence-corrected chi connectivity index (χ0v) is 26.9. The highest BCUT2D eigenvalue weighted by molar-refractivity contribution is 14.1. The van der Waals surface area contributed by atoms with Gasteiger partial charge in [-0.25, -0.2) is 17.8 Å². The number of oxazole rings is 1. The maximum Gasteiger partial charge on any atom is 0.255 e. The van der Waals surface area contributed by atoms with Crippen LogP contribution < -0.4 is 14.4 Å². The van der Waals surface area contributed by atoms with Crippen LogP contribution in [0.5, 0.6) is 5.75 Å². The summed E-state index contributed by atoms with van der Waals surface area (Å²) in [6.07, 6.45) is 1.10. The number of sulfonamides is 1. The molecule has 0 aliphatic rings. The number of amides is 1. The van der Waals surface area contributed by atoms with E-state index in [0.717, 1.165) is 14.1 Å². The number of methoxy groups -OCH3 is 1. The van der Waals surface area contributed by atoms with Crippen LogP contribution in [0.25, 0.3) is 56.0 Å². The Balaban J connectivity index is 1.64.